The molecule has 0 unspecified atom stereocenters. The van der Waals surface area contributed by atoms with Crippen molar-refractivity contribution in [3.05, 3.63) is 59.8 Å². The number of anilines is 1. The van der Waals surface area contributed by atoms with Crippen LogP contribution in [-0.2, 0) is 16.1 Å². The van der Waals surface area contributed by atoms with Crippen molar-refractivity contribution in [2.24, 2.45) is 0 Å². The maximum Gasteiger partial charge on any atom is 0.413 e. The van der Waals surface area contributed by atoms with Gasteiger partial charge in [-0.15, -0.1) is 0 Å². The highest BCUT2D eigenvalue weighted by atomic mass is 16.6. The largest absolute Gasteiger partial charge is 0.445 e. The Morgan fingerprint density at radius 1 is 1.13 bits per heavy atom. The van der Waals surface area contributed by atoms with Gasteiger partial charge in [0.25, 0.3) is 0 Å². The minimum absolute atomic E-state index is 0.221. The number of carbonyl (C=O) groups excluding carboxylic acids is 2. The number of aromatic nitrogens is 1. The second-order valence-electron chi connectivity index (χ2n) is 8.31. The molecule has 1 N–H and O–H groups in total. The average molecular weight is 412 g/mol. The van der Waals surface area contributed by atoms with Gasteiger partial charge in [-0.1, -0.05) is 36.4 Å². The molecule has 1 saturated heterocycles. The summed E-state index contributed by atoms with van der Waals surface area (Å²) in [6.07, 6.45) is 3.33. The highest BCUT2D eigenvalue weighted by Crippen LogP contribution is 2.34. The van der Waals surface area contributed by atoms with Crippen molar-refractivity contribution in [1.82, 2.24) is 9.88 Å². The smallest absolute Gasteiger partial charge is 0.413 e. The van der Waals surface area contributed by atoms with E-state index in [0.29, 0.717) is 12.4 Å². The number of nitrogens with zero attached hydrogens (tertiary/aromatic N) is 2. The lowest BCUT2D eigenvalue weighted by molar-refractivity contribution is 0.0634. The van der Waals surface area contributed by atoms with Gasteiger partial charge in [-0.05, 0) is 51.7 Å². The van der Waals surface area contributed by atoms with Crippen LogP contribution in [0.3, 0.4) is 0 Å². The molecule has 1 aromatic carbocycles. The number of carbonyl (C=O) groups is 2. The van der Waals surface area contributed by atoms with Crippen LogP contribution in [0, 0.1) is 0 Å². The predicted octanol–water partition coefficient (Wildman–Crippen LogP) is 5.29. The Bertz CT molecular complexity index is 864. The van der Waals surface area contributed by atoms with Crippen LogP contribution in [0.1, 0.15) is 57.2 Å². The molecular weight excluding hydrogens is 382 g/mol. The molecule has 0 spiro atoms. The summed E-state index contributed by atoms with van der Waals surface area (Å²) < 4.78 is 10.9. The molecule has 1 atom stereocenters. The Morgan fingerprint density at radius 2 is 1.90 bits per heavy atom. The summed E-state index contributed by atoms with van der Waals surface area (Å²) in [5.41, 5.74) is 1.10. The minimum atomic E-state index is -0.614. The third-order valence-electron chi connectivity index (χ3n) is 4.76. The van der Waals surface area contributed by atoms with Crippen molar-refractivity contribution < 1.29 is 19.1 Å². The molecule has 3 rings (SSSR count). The summed E-state index contributed by atoms with van der Waals surface area (Å²) in [4.78, 5) is 31.2. The molecule has 0 radical (unpaired) electrons. The molecule has 1 aliphatic heterocycles. The molecule has 2 heterocycles. The van der Waals surface area contributed by atoms with Crippen LogP contribution in [0.15, 0.2) is 48.7 Å². The molecule has 0 bridgehead atoms. The predicted molar refractivity (Wildman–Crippen MR) is 114 cm³/mol. The fraction of sp³-hybridized carbons (Fsp3) is 0.435. The van der Waals surface area contributed by atoms with Crippen LogP contribution in [0.2, 0.25) is 0 Å². The van der Waals surface area contributed by atoms with Crippen molar-refractivity contribution in [3.63, 3.8) is 0 Å². The minimum Gasteiger partial charge on any atom is -0.445 e. The molecule has 1 aliphatic rings. The van der Waals surface area contributed by atoms with Crippen molar-refractivity contribution in [2.45, 2.75) is 58.3 Å². The first-order valence-corrected chi connectivity index (χ1v) is 10.3. The second kappa shape index (κ2) is 9.61. The van der Waals surface area contributed by atoms with Gasteiger partial charge in [-0.25, -0.2) is 14.6 Å². The van der Waals surface area contributed by atoms with Crippen LogP contribution in [0.5, 0.6) is 0 Å². The number of benzene rings is 1. The van der Waals surface area contributed by atoms with Gasteiger partial charge in [-0.3, -0.25) is 5.32 Å². The van der Waals surface area contributed by atoms with E-state index in [-0.39, 0.29) is 18.7 Å². The number of nitrogens with one attached hydrogen (secondary N) is 1. The lowest BCUT2D eigenvalue weighted by atomic mass is 9.96. The third-order valence-corrected chi connectivity index (χ3v) is 4.76. The number of amides is 2. The maximum atomic E-state index is 12.8. The van der Waals surface area contributed by atoms with Crippen LogP contribution < -0.4 is 5.32 Å². The SMILES string of the molecule is CC(C)(C)OC(=O)Nc1ncccc1[C@H]1CCCCN1C(=O)OCc1ccccc1. The van der Waals surface area contributed by atoms with Crippen LogP contribution in [0.4, 0.5) is 15.4 Å². The van der Waals surface area contributed by atoms with Gasteiger partial charge >= 0.3 is 12.2 Å². The van der Waals surface area contributed by atoms with E-state index >= 15 is 0 Å². The van der Waals surface area contributed by atoms with E-state index in [9.17, 15) is 9.59 Å². The number of hydrogen-bond donors (Lipinski definition) is 1. The zero-order chi connectivity index (χ0) is 21.6. The van der Waals surface area contributed by atoms with Gasteiger partial charge in [0.15, 0.2) is 0 Å². The first-order valence-electron chi connectivity index (χ1n) is 10.3. The number of ether oxygens (including phenoxy) is 2. The maximum absolute atomic E-state index is 12.8. The number of hydrogen-bond acceptors (Lipinski definition) is 5. The molecular formula is C23H29N3O4. The molecule has 160 valence electrons. The quantitative estimate of drug-likeness (QED) is 0.739. The molecule has 1 aromatic heterocycles. The highest BCUT2D eigenvalue weighted by Gasteiger charge is 2.31. The molecule has 2 aromatic rings. The van der Waals surface area contributed by atoms with E-state index in [1.807, 2.05) is 36.4 Å². The Kier molecular flexibility index (Phi) is 6.92. The first-order chi connectivity index (χ1) is 14.3. The van der Waals surface area contributed by atoms with Gasteiger partial charge in [0.1, 0.15) is 18.0 Å². The van der Waals surface area contributed by atoms with Crippen molar-refractivity contribution >= 4 is 18.0 Å². The number of pyridine rings is 1. The monoisotopic (exact) mass is 411 g/mol. The topological polar surface area (TPSA) is 80.8 Å². The molecule has 0 saturated carbocycles. The van der Waals surface area contributed by atoms with Crippen LogP contribution in [0.25, 0.3) is 0 Å². The van der Waals surface area contributed by atoms with Gasteiger partial charge in [-0.2, -0.15) is 0 Å². The van der Waals surface area contributed by atoms with Gasteiger partial charge < -0.3 is 14.4 Å². The Morgan fingerprint density at radius 3 is 2.63 bits per heavy atom. The molecule has 2 amide bonds. The van der Waals surface area contributed by atoms with E-state index in [1.54, 1.807) is 37.9 Å². The standard InChI is InChI=1S/C23H29N3O4/c1-23(2,3)30-21(27)25-20-18(12-9-14-24-20)19-13-7-8-15-26(19)22(28)29-16-17-10-5-4-6-11-17/h4-6,9-12,14,19H,7-8,13,15-16H2,1-3H3,(H,24,25,27)/t19-/m1/s1. The van der Waals surface area contributed by atoms with Crippen LogP contribution >= 0.6 is 0 Å². The zero-order valence-corrected chi connectivity index (χ0v) is 17.8. The van der Waals surface area contributed by atoms with E-state index in [2.05, 4.69) is 10.3 Å². The Hall–Kier alpha value is -3.09. The van der Waals surface area contributed by atoms with E-state index in [1.165, 1.54) is 0 Å². The summed E-state index contributed by atoms with van der Waals surface area (Å²) in [5.74, 6) is 0.402. The first kappa shape index (κ1) is 21.6. The van der Waals surface area contributed by atoms with Gasteiger partial charge in [0.2, 0.25) is 0 Å². The molecule has 7 nitrogen and oxygen atoms in total. The molecule has 7 heteroatoms. The summed E-state index contributed by atoms with van der Waals surface area (Å²) in [6.45, 7) is 6.23. The Labute approximate surface area is 177 Å². The molecule has 1 fully saturated rings. The summed E-state index contributed by atoms with van der Waals surface area (Å²) in [5, 5.41) is 2.73. The van der Waals surface area contributed by atoms with Crippen molar-refractivity contribution in [1.29, 1.82) is 0 Å². The highest BCUT2D eigenvalue weighted by molar-refractivity contribution is 5.84. The number of likely N-dealkylation sites (tertiary alicyclic amines) is 1. The molecule has 30 heavy (non-hydrogen) atoms. The summed E-state index contributed by atoms with van der Waals surface area (Å²) in [6, 6.07) is 13.1. The average Bonchev–Trinajstić information content (AvgIpc) is 2.72. The fourth-order valence-electron chi connectivity index (χ4n) is 3.47. The van der Waals surface area contributed by atoms with Crippen LogP contribution in [-0.4, -0.2) is 34.2 Å². The van der Waals surface area contributed by atoms with Gasteiger partial charge in [0.05, 0.1) is 6.04 Å². The van der Waals surface area contributed by atoms with E-state index in [0.717, 1.165) is 30.4 Å². The lowest BCUT2D eigenvalue weighted by Gasteiger charge is -2.35. The number of piperidine rings is 1. The summed E-state index contributed by atoms with van der Waals surface area (Å²) in [7, 11) is 0. The zero-order valence-electron chi connectivity index (χ0n) is 17.8. The lowest BCUT2D eigenvalue weighted by Crippen LogP contribution is -2.39. The van der Waals surface area contributed by atoms with Gasteiger partial charge in [0, 0.05) is 18.3 Å². The second-order valence-corrected chi connectivity index (χ2v) is 8.31. The fourth-order valence-corrected chi connectivity index (χ4v) is 3.47. The van der Waals surface area contributed by atoms with Crippen molar-refractivity contribution in [2.75, 3.05) is 11.9 Å². The van der Waals surface area contributed by atoms with Crippen molar-refractivity contribution in [3.8, 4) is 0 Å². The van der Waals surface area contributed by atoms with E-state index < -0.39 is 11.7 Å². The van der Waals surface area contributed by atoms with E-state index in [4.69, 9.17) is 9.47 Å². The Balaban J connectivity index is 1.74. The number of rotatable bonds is 4. The normalized spacial score (nSPS) is 16.6. The molecule has 0 aliphatic carbocycles. The summed E-state index contributed by atoms with van der Waals surface area (Å²) >= 11 is 0. The third kappa shape index (κ3) is 5.95.